The number of rotatable bonds is 4. The van der Waals surface area contributed by atoms with Gasteiger partial charge in [-0.15, -0.1) is 0 Å². The fraction of sp³-hybridized carbons (Fsp3) is 0.529. The zero-order valence-electron chi connectivity index (χ0n) is 13.4. The summed E-state index contributed by atoms with van der Waals surface area (Å²) in [5.41, 5.74) is 1.63. The molecule has 0 unspecified atom stereocenters. The third kappa shape index (κ3) is 3.89. The first-order valence-corrected chi connectivity index (χ1v) is 8.13. The molecule has 0 radical (unpaired) electrons. The molecule has 1 fully saturated rings. The molecule has 2 amide bonds. The second kappa shape index (κ2) is 7.10. The predicted octanol–water partition coefficient (Wildman–Crippen LogP) is 0.949. The van der Waals surface area contributed by atoms with Crippen LogP contribution in [0.25, 0.3) is 0 Å². The number of amides is 2. The first-order chi connectivity index (χ1) is 11.1. The van der Waals surface area contributed by atoms with Gasteiger partial charge in [0.25, 0.3) is 0 Å². The van der Waals surface area contributed by atoms with Crippen LogP contribution in [-0.4, -0.2) is 55.6 Å². The fourth-order valence-electron chi connectivity index (χ4n) is 3.21. The standard InChI is InChI=1S/C17H23N3O3/c1-12(11-20-6-8-23-9-7-20)18-17(22)14-10-16(21)19-15-5-3-2-4-13(14)15/h2-5,12,14H,6-11H2,1H3,(H,18,22)(H,19,21)/t12-,14+/m1/s1. The van der Waals surface area contributed by atoms with Gasteiger partial charge >= 0.3 is 0 Å². The summed E-state index contributed by atoms with van der Waals surface area (Å²) in [7, 11) is 0. The van der Waals surface area contributed by atoms with E-state index in [9.17, 15) is 9.59 Å². The number of carbonyl (C=O) groups is 2. The van der Waals surface area contributed by atoms with Gasteiger partial charge < -0.3 is 15.4 Å². The monoisotopic (exact) mass is 317 g/mol. The van der Waals surface area contributed by atoms with Gasteiger partial charge in [-0.25, -0.2) is 0 Å². The molecule has 1 aromatic carbocycles. The lowest BCUT2D eigenvalue weighted by Crippen LogP contribution is -2.47. The Balaban J connectivity index is 1.62. The Morgan fingerprint density at radius 1 is 1.39 bits per heavy atom. The molecule has 2 aliphatic heterocycles. The van der Waals surface area contributed by atoms with E-state index in [1.165, 1.54) is 0 Å². The molecule has 0 aromatic heterocycles. The zero-order valence-corrected chi connectivity index (χ0v) is 13.4. The molecule has 2 heterocycles. The van der Waals surface area contributed by atoms with Crippen LogP contribution in [0.4, 0.5) is 5.69 Å². The molecule has 3 rings (SSSR count). The molecular weight excluding hydrogens is 294 g/mol. The lowest BCUT2D eigenvalue weighted by atomic mass is 9.89. The van der Waals surface area contributed by atoms with Crippen LogP contribution >= 0.6 is 0 Å². The van der Waals surface area contributed by atoms with Gasteiger partial charge in [0.2, 0.25) is 11.8 Å². The summed E-state index contributed by atoms with van der Waals surface area (Å²) in [6, 6.07) is 7.54. The molecule has 23 heavy (non-hydrogen) atoms. The second-order valence-corrected chi connectivity index (χ2v) is 6.21. The summed E-state index contributed by atoms with van der Waals surface area (Å²) in [5, 5.41) is 5.88. The van der Waals surface area contributed by atoms with Crippen molar-refractivity contribution in [3.8, 4) is 0 Å². The van der Waals surface area contributed by atoms with Gasteiger partial charge in [0.05, 0.1) is 19.1 Å². The topological polar surface area (TPSA) is 70.7 Å². The number of morpholine rings is 1. The molecule has 2 aliphatic rings. The van der Waals surface area contributed by atoms with Crippen LogP contribution in [0.2, 0.25) is 0 Å². The van der Waals surface area contributed by atoms with Gasteiger partial charge in [-0.1, -0.05) is 18.2 Å². The molecule has 2 N–H and O–H groups in total. The number of anilines is 1. The van der Waals surface area contributed by atoms with Gasteiger partial charge in [0, 0.05) is 37.8 Å². The van der Waals surface area contributed by atoms with E-state index in [0.29, 0.717) is 0 Å². The highest BCUT2D eigenvalue weighted by Gasteiger charge is 2.31. The van der Waals surface area contributed by atoms with E-state index in [2.05, 4.69) is 15.5 Å². The zero-order chi connectivity index (χ0) is 16.2. The van der Waals surface area contributed by atoms with Crippen molar-refractivity contribution in [2.24, 2.45) is 0 Å². The summed E-state index contributed by atoms with van der Waals surface area (Å²) >= 11 is 0. The highest BCUT2D eigenvalue weighted by Crippen LogP contribution is 2.32. The van der Waals surface area contributed by atoms with E-state index >= 15 is 0 Å². The van der Waals surface area contributed by atoms with Crippen LogP contribution in [0.5, 0.6) is 0 Å². The first kappa shape index (κ1) is 16.0. The Bertz CT molecular complexity index is 584. The minimum atomic E-state index is -0.410. The van der Waals surface area contributed by atoms with Crippen molar-refractivity contribution >= 4 is 17.5 Å². The molecule has 1 aromatic rings. The summed E-state index contributed by atoms with van der Waals surface area (Å²) in [5.74, 6) is -0.593. The van der Waals surface area contributed by atoms with Crippen molar-refractivity contribution in [3.05, 3.63) is 29.8 Å². The number of ether oxygens (including phenoxy) is 1. The van der Waals surface area contributed by atoms with Crippen LogP contribution in [0.1, 0.15) is 24.8 Å². The minimum Gasteiger partial charge on any atom is -0.379 e. The number of benzene rings is 1. The van der Waals surface area contributed by atoms with Crippen molar-refractivity contribution in [2.75, 3.05) is 38.2 Å². The summed E-state index contributed by atoms with van der Waals surface area (Å²) in [4.78, 5) is 26.7. The third-order valence-corrected chi connectivity index (χ3v) is 4.34. The van der Waals surface area contributed by atoms with Crippen LogP contribution in [0.15, 0.2) is 24.3 Å². The van der Waals surface area contributed by atoms with Crippen LogP contribution in [0, 0.1) is 0 Å². The molecule has 0 saturated carbocycles. The van der Waals surface area contributed by atoms with Crippen LogP contribution in [-0.2, 0) is 14.3 Å². The molecule has 0 aliphatic carbocycles. The molecular formula is C17H23N3O3. The lowest BCUT2D eigenvalue weighted by Gasteiger charge is -2.31. The van der Waals surface area contributed by atoms with Crippen molar-refractivity contribution in [1.82, 2.24) is 10.2 Å². The quantitative estimate of drug-likeness (QED) is 0.867. The highest BCUT2D eigenvalue weighted by molar-refractivity contribution is 6.01. The average Bonchev–Trinajstić information content (AvgIpc) is 2.54. The molecule has 124 valence electrons. The average molecular weight is 317 g/mol. The van der Waals surface area contributed by atoms with E-state index in [1.807, 2.05) is 31.2 Å². The molecule has 1 saturated heterocycles. The smallest absolute Gasteiger partial charge is 0.228 e. The molecule has 0 spiro atoms. The Hall–Kier alpha value is -1.92. The lowest BCUT2D eigenvalue weighted by molar-refractivity contribution is -0.127. The third-order valence-electron chi connectivity index (χ3n) is 4.34. The van der Waals surface area contributed by atoms with E-state index in [-0.39, 0.29) is 24.3 Å². The largest absolute Gasteiger partial charge is 0.379 e. The first-order valence-electron chi connectivity index (χ1n) is 8.13. The van der Waals surface area contributed by atoms with E-state index in [0.717, 1.165) is 44.1 Å². The summed E-state index contributed by atoms with van der Waals surface area (Å²) in [6.45, 7) is 6.09. The van der Waals surface area contributed by atoms with Gasteiger partial charge in [0.15, 0.2) is 0 Å². The number of hydrogen-bond donors (Lipinski definition) is 2. The van der Waals surface area contributed by atoms with Crippen LogP contribution in [0.3, 0.4) is 0 Å². The van der Waals surface area contributed by atoms with E-state index in [4.69, 9.17) is 4.74 Å². The summed E-state index contributed by atoms with van der Waals surface area (Å²) < 4.78 is 5.33. The number of nitrogens with zero attached hydrogens (tertiary/aromatic N) is 1. The molecule has 6 heteroatoms. The maximum Gasteiger partial charge on any atom is 0.228 e. The number of nitrogens with one attached hydrogen (secondary N) is 2. The summed E-state index contributed by atoms with van der Waals surface area (Å²) in [6.07, 6.45) is 0.202. The number of para-hydroxylation sites is 1. The van der Waals surface area contributed by atoms with E-state index in [1.54, 1.807) is 0 Å². The molecule has 6 nitrogen and oxygen atoms in total. The SMILES string of the molecule is C[C@H](CN1CCOCC1)NC(=O)[C@H]1CC(=O)Nc2ccccc21. The number of fused-ring (bicyclic) bond motifs is 1. The fourth-order valence-corrected chi connectivity index (χ4v) is 3.21. The Kier molecular flexibility index (Phi) is 4.93. The van der Waals surface area contributed by atoms with Crippen molar-refractivity contribution in [3.63, 3.8) is 0 Å². The van der Waals surface area contributed by atoms with Crippen molar-refractivity contribution in [1.29, 1.82) is 0 Å². The van der Waals surface area contributed by atoms with Crippen molar-refractivity contribution < 1.29 is 14.3 Å². The maximum absolute atomic E-state index is 12.6. The van der Waals surface area contributed by atoms with E-state index < -0.39 is 5.92 Å². The van der Waals surface area contributed by atoms with Crippen molar-refractivity contribution in [2.45, 2.75) is 25.3 Å². The van der Waals surface area contributed by atoms with Gasteiger partial charge in [-0.2, -0.15) is 0 Å². The molecule has 2 atom stereocenters. The maximum atomic E-state index is 12.6. The number of hydrogen-bond acceptors (Lipinski definition) is 4. The second-order valence-electron chi connectivity index (χ2n) is 6.21. The van der Waals surface area contributed by atoms with Gasteiger partial charge in [-0.3, -0.25) is 14.5 Å². The van der Waals surface area contributed by atoms with Crippen LogP contribution < -0.4 is 10.6 Å². The Labute approximate surface area is 136 Å². The minimum absolute atomic E-state index is 0.0396. The van der Waals surface area contributed by atoms with Gasteiger partial charge in [0.1, 0.15) is 0 Å². The Morgan fingerprint density at radius 3 is 2.91 bits per heavy atom. The Morgan fingerprint density at radius 2 is 2.13 bits per heavy atom. The predicted molar refractivity (Wildman–Crippen MR) is 87.3 cm³/mol. The van der Waals surface area contributed by atoms with Gasteiger partial charge in [-0.05, 0) is 18.6 Å². The number of carbonyl (C=O) groups excluding carboxylic acids is 2. The highest BCUT2D eigenvalue weighted by atomic mass is 16.5. The molecule has 0 bridgehead atoms. The normalized spacial score (nSPS) is 22.8.